The zero-order valence-corrected chi connectivity index (χ0v) is 17.6. The molecule has 2 aromatic rings. The second-order valence-electron chi connectivity index (χ2n) is 7.54. The number of aliphatic hydroxyl groups excluding tert-OH is 1. The lowest BCUT2D eigenvalue weighted by Gasteiger charge is -2.28. The molecule has 1 atom stereocenters. The average molecular weight is 405 g/mol. The van der Waals surface area contributed by atoms with Gasteiger partial charge in [0.15, 0.2) is 11.5 Å². The number of ether oxygens (including phenoxy) is 3. The molecule has 1 aromatic carbocycles. The van der Waals surface area contributed by atoms with Gasteiger partial charge in [0, 0.05) is 44.0 Å². The van der Waals surface area contributed by atoms with Crippen LogP contribution in [0.15, 0.2) is 24.3 Å². The highest BCUT2D eigenvalue weighted by atomic mass is 16.5. The fourth-order valence-corrected chi connectivity index (χ4v) is 3.50. The van der Waals surface area contributed by atoms with Crippen molar-refractivity contribution in [3.05, 3.63) is 41.2 Å². The lowest BCUT2D eigenvalue weighted by atomic mass is 10.1. The van der Waals surface area contributed by atoms with E-state index >= 15 is 0 Å². The maximum atomic E-state index is 10.4. The van der Waals surface area contributed by atoms with Crippen molar-refractivity contribution in [3.8, 4) is 11.5 Å². The predicted molar refractivity (Wildman–Crippen MR) is 110 cm³/mol. The maximum absolute atomic E-state index is 10.4. The number of hydrogen-bond acceptors (Lipinski definition) is 7. The molecular formula is C21H32N4O4. The summed E-state index contributed by atoms with van der Waals surface area (Å²) in [4.78, 5) is 4.36. The highest BCUT2D eigenvalue weighted by molar-refractivity contribution is 5.46. The smallest absolute Gasteiger partial charge is 0.165 e. The van der Waals surface area contributed by atoms with E-state index in [1.165, 1.54) is 0 Å². The Hall–Kier alpha value is -2.13. The first-order valence-corrected chi connectivity index (χ1v) is 10.0. The third-order valence-corrected chi connectivity index (χ3v) is 4.90. The molecule has 0 unspecified atom stereocenters. The molecule has 1 saturated heterocycles. The zero-order valence-electron chi connectivity index (χ0n) is 17.6. The summed E-state index contributed by atoms with van der Waals surface area (Å²) in [6.45, 7) is 7.30. The molecule has 0 radical (unpaired) electrons. The Morgan fingerprint density at radius 2 is 2.10 bits per heavy atom. The SMILES string of the molecule is COc1cccc(CN(C)Cc2cc(C)[nH]n2)c1OC[C@@H](O)CN1CCOCC1. The van der Waals surface area contributed by atoms with Crippen LogP contribution in [0.3, 0.4) is 0 Å². The van der Waals surface area contributed by atoms with Gasteiger partial charge in [0.1, 0.15) is 12.7 Å². The van der Waals surface area contributed by atoms with Crippen LogP contribution in [-0.2, 0) is 17.8 Å². The number of methoxy groups -OCH3 is 1. The number of aryl methyl sites for hydroxylation is 1. The number of hydrogen-bond donors (Lipinski definition) is 2. The fourth-order valence-electron chi connectivity index (χ4n) is 3.50. The van der Waals surface area contributed by atoms with Crippen LogP contribution in [0.5, 0.6) is 11.5 Å². The minimum Gasteiger partial charge on any atom is -0.493 e. The van der Waals surface area contributed by atoms with Crippen LogP contribution in [0.2, 0.25) is 0 Å². The average Bonchev–Trinajstić information content (AvgIpc) is 3.12. The molecule has 2 heterocycles. The van der Waals surface area contributed by atoms with Crippen molar-refractivity contribution < 1.29 is 19.3 Å². The summed E-state index contributed by atoms with van der Waals surface area (Å²) in [5, 5.41) is 17.7. The number of aliphatic hydroxyl groups is 1. The number of nitrogens with one attached hydrogen (secondary N) is 1. The number of aromatic amines is 1. The van der Waals surface area contributed by atoms with Gasteiger partial charge >= 0.3 is 0 Å². The van der Waals surface area contributed by atoms with E-state index in [1.807, 2.05) is 38.2 Å². The molecule has 1 aliphatic rings. The van der Waals surface area contributed by atoms with E-state index in [4.69, 9.17) is 14.2 Å². The van der Waals surface area contributed by atoms with Gasteiger partial charge in [-0.25, -0.2) is 0 Å². The van der Waals surface area contributed by atoms with E-state index in [1.54, 1.807) is 7.11 Å². The van der Waals surface area contributed by atoms with Crippen molar-refractivity contribution in [3.63, 3.8) is 0 Å². The molecule has 0 aliphatic carbocycles. The Bertz CT molecular complexity index is 761. The van der Waals surface area contributed by atoms with E-state index in [0.717, 1.165) is 36.6 Å². The zero-order chi connectivity index (χ0) is 20.6. The topological polar surface area (TPSA) is 83.1 Å². The van der Waals surface area contributed by atoms with Gasteiger partial charge in [-0.1, -0.05) is 12.1 Å². The van der Waals surface area contributed by atoms with Crippen molar-refractivity contribution in [2.24, 2.45) is 0 Å². The molecule has 0 spiro atoms. The maximum Gasteiger partial charge on any atom is 0.165 e. The van der Waals surface area contributed by atoms with Crippen molar-refractivity contribution in [2.75, 3.05) is 53.6 Å². The minimum absolute atomic E-state index is 0.215. The summed E-state index contributed by atoms with van der Waals surface area (Å²) in [6.07, 6.45) is -0.573. The Morgan fingerprint density at radius 3 is 2.79 bits per heavy atom. The van der Waals surface area contributed by atoms with Crippen LogP contribution in [-0.4, -0.2) is 84.8 Å². The molecule has 29 heavy (non-hydrogen) atoms. The standard InChI is InChI=1S/C21H32N4O4/c1-16-11-18(23-22-16)13-24(2)12-17-5-4-6-20(27-3)21(17)29-15-19(26)14-25-7-9-28-10-8-25/h4-6,11,19,26H,7-10,12-15H2,1-3H3,(H,22,23)/t19-/m0/s1. The molecule has 8 heteroatoms. The van der Waals surface area contributed by atoms with E-state index in [0.29, 0.717) is 37.8 Å². The first kappa shape index (κ1) is 21.6. The molecule has 8 nitrogen and oxygen atoms in total. The second-order valence-corrected chi connectivity index (χ2v) is 7.54. The Kier molecular flexibility index (Phi) is 7.88. The molecule has 160 valence electrons. The third kappa shape index (κ3) is 6.43. The number of rotatable bonds is 10. The number of morpholine rings is 1. The van der Waals surface area contributed by atoms with E-state index < -0.39 is 6.10 Å². The third-order valence-electron chi connectivity index (χ3n) is 4.90. The Morgan fingerprint density at radius 1 is 1.31 bits per heavy atom. The fraction of sp³-hybridized carbons (Fsp3) is 0.571. The van der Waals surface area contributed by atoms with Gasteiger partial charge in [0.05, 0.1) is 26.0 Å². The van der Waals surface area contributed by atoms with Crippen LogP contribution < -0.4 is 9.47 Å². The Balaban J connectivity index is 1.60. The highest BCUT2D eigenvalue weighted by Gasteiger charge is 2.18. The molecule has 1 aliphatic heterocycles. The summed E-state index contributed by atoms with van der Waals surface area (Å²) in [6, 6.07) is 7.90. The van der Waals surface area contributed by atoms with Crippen LogP contribution in [0, 0.1) is 6.92 Å². The lowest BCUT2D eigenvalue weighted by Crippen LogP contribution is -2.42. The normalized spacial score (nSPS) is 16.2. The first-order chi connectivity index (χ1) is 14.0. The summed E-state index contributed by atoms with van der Waals surface area (Å²) in [5.74, 6) is 1.35. The minimum atomic E-state index is -0.573. The van der Waals surface area contributed by atoms with Gasteiger partial charge < -0.3 is 19.3 Å². The summed E-state index contributed by atoms with van der Waals surface area (Å²) < 4.78 is 16.9. The molecule has 0 saturated carbocycles. The molecule has 0 amide bonds. The summed E-state index contributed by atoms with van der Waals surface area (Å²) in [7, 11) is 3.67. The lowest BCUT2D eigenvalue weighted by molar-refractivity contribution is 0.00431. The van der Waals surface area contributed by atoms with Gasteiger partial charge in [-0.2, -0.15) is 5.10 Å². The number of H-pyrrole nitrogens is 1. The van der Waals surface area contributed by atoms with Crippen LogP contribution >= 0.6 is 0 Å². The predicted octanol–water partition coefficient (Wildman–Crippen LogP) is 1.43. The van der Waals surface area contributed by atoms with Gasteiger partial charge in [-0.3, -0.25) is 14.9 Å². The highest BCUT2D eigenvalue weighted by Crippen LogP contribution is 2.32. The number of nitrogens with zero attached hydrogens (tertiary/aromatic N) is 3. The second kappa shape index (κ2) is 10.6. The summed E-state index contributed by atoms with van der Waals surface area (Å²) in [5.41, 5.74) is 3.06. The van der Waals surface area contributed by atoms with Gasteiger partial charge in [-0.15, -0.1) is 0 Å². The molecule has 1 fully saturated rings. The molecule has 0 bridgehead atoms. The molecule has 3 rings (SSSR count). The summed E-state index contributed by atoms with van der Waals surface area (Å²) >= 11 is 0. The van der Waals surface area contributed by atoms with E-state index in [-0.39, 0.29) is 6.61 Å². The molecular weight excluding hydrogens is 372 g/mol. The van der Waals surface area contributed by atoms with E-state index in [9.17, 15) is 5.11 Å². The Labute approximate surface area is 172 Å². The van der Waals surface area contributed by atoms with E-state index in [2.05, 4.69) is 20.0 Å². The number of para-hydroxylation sites is 1. The van der Waals surface area contributed by atoms with Crippen LogP contribution in [0.25, 0.3) is 0 Å². The van der Waals surface area contributed by atoms with Crippen molar-refractivity contribution in [1.82, 2.24) is 20.0 Å². The van der Waals surface area contributed by atoms with Crippen LogP contribution in [0.1, 0.15) is 17.0 Å². The number of β-amino-alcohol motifs (C(OH)–C–C–N with tert-alkyl or cyclic N) is 1. The van der Waals surface area contributed by atoms with Gasteiger partial charge in [0.25, 0.3) is 0 Å². The van der Waals surface area contributed by atoms with Crippen LogP contribution in [0.4, 0.5) is 0 Å². The quantitative estimate of drug-likeness (QED) is 0.620. The molecule has 2 N–H and O–H groups in total. The van der Waals surface area contributed by atoms with Gasteiger partial charge in [0.2, 0.25) is 0 Å². The van der Waals surface area contributed by atoms with Crippen molar-refractivity contribution >= 4 is 0 Å². The van der Waals surface area contributed by atoms with Crippen molar-refractivity contribution in [1.29, 1.82) is 0 Å². The largest absolute Gasteiger partial charge is 0.493 e. The molecule has 1 aromatic heterocycles. The van der Waals surface area contributed by atoms with Gasteiger partial charge in [-0.05, 0) is 26.1 Å². The number of aromatic nitrogens is 2. The first-order valence-electron chi connectivity index (χ1n) is 10.0. The van der Waals surface area contributed by atoms with Crippen molar-refractivity contribution in [2.45, 2.75) is 26.1 Å². The number of benzene rings is 1. The monoisotopic (exact) mass is 404 g/mol.